The van der Waals surface area contributed by atoms with E-state index in [0.29, 0.717) is 30.9 Å². The standard InChI is InChI=1S/C21H28N2O4S/c1-4-14-23(15-5-2)28(25,26)20-9-7-8-17(16-20)21(24)22-18-10-12-19(13-11-18)27-6-3/h7-13,16H,4-6,14-15H2,1-3H3,(H,22,24). The molecule has 0 aliphatic carbocycles. The molecule has 1 N–H and O–H groups in total. The van der Waals surface area contributed by atoms with Gasteiger partial charge in [0, 0.05) is 24.3 Å². The molecule has 152 valence electrons. The summed E-state index contributed by atoms with van der Waals surface area (Å²) in [7, 11) is -3.63. The molecule has 2 rings (SSSR count). The monoisotopic (exact) mass is 404 g/mol. The normalized spacial score (nSPS) is 11.4. The number of benzene rings is 2. The van der Waals surface area contributed by atoms with Crippen LogP contribution in [0.25, 0.3) is 0 Å². The van der Waals surface area contributed by atoms with Crippen LogP contribution in [-0.4, -0.2) is 38.3 Å². The zero-order valence-electron chi connectivity index (χ0n) is 16.6. The highest BCUT2D eigenvalue weighted by Crippen LogP contribution is 2.20. The Morgan fingerprint density at radius 1 is 1.00 bits per heavy atom. The number of nitrogens with zero attached hydrogens (tertiary/aromatic N) is 1. The van der Waals surface area contributed by atoms with Crippen molar-refractivity contribution in [3.05, 3.63) is 54.1 Å². The van der Waals surface area contributed by atoms with Crippen LogP contribution in [-0.2, 0) is 10.0 Å². The van der Waals surface area contributed by atoms with Crippen molar-refractivity contribution in [2.24, 2.45) is 0 Å². The van der Waals surface area contributed by atoms with Gasteiger partial charge in [0.2, 0.25) is 10.0 Å². The summed E-state index contributed by atoms with van der Waals surface area (Å²) in [6.45, 7) is 7.27. The smallest absolute Gasteiger partial charge is 0.255 e. The number of anilines is 1. The highest BCUT2D eigenvalue weighted by atomic mass is 32.2. The van der Waals surface area contributed by atoms with Crippen LogP contribution < -0.4 is 10.1 Å². The van der Waals surface area contributed by atoms with Gasteiger partial charge in [0.25, 0.3) is 5.91 Å². The van der Waals surface area contributed by atoms with Crippen LogP contribution in [0.3, 0.4) is 0 Å². The summed E-state index contributed by atoms with van der Waals surface area (Å²) in [6, 6.07) is 13.2. The third-order valence-corrected chi connectivity index (χ3v) is 6.00. The fourth-order valence-electron chi connectivity index (χ4n) is 2.80. The zero-order valence-corrected chi connectivity index (χ0v) is 17.5. The number of sulfonamides is 1. The van der Waals surface area contributed by atoms with Crippen molar-refractivity contribution in [1.82, 2.24) is 4.31 Å². The first-order valence-electron chi connectivity index (χ1n) is 9.56. The van der Waals surface area contributed by atoms with E-state index < -0.39 is 10.0 Å². The molecule has 28 heavy (non-hydrogen) atoms. The van der Waals surface area contributed by atoms with E-state index in [0.717, 1.165) is 18.6 Å². The van der Waals surface area contributed by atoms with E-state index in [2.05, 4.69) is 5.32 Å². The summed E-state index contributed by atoms with van der Waals surface area (Å²) in [5.74, 6) is 0.360. The second-order valence-electron chi connectivity index (χ2n) is 6.34. The minimum Gasteiger partial charge on any atom is -0.494 e. The molecule has 6 nitrogen and oxygen atoms in total. The molecule has 0 bridgehead atoms. The van der Waals surface area contributed by atoms with Crippen molar-refractivity contribution >= 4 is 21.6 Å². The van der Waals surface area contributed by atoms with E-state index in [1.165, 1.54) is 16.4 Å². The van der Waals surface area contributed by atoms with Crippen LogP contribution in [0.5, 0.6) is 5.75 Å². The topological polar surface area (TPSA) is 75.7 Å². The molecule has 0 aliphatic heterocycles. The zero-order chi connectivity index (χ0) is 20.6. The number of carbonyl (C=O) groups excluding carboxylic acids is 1. The van der Waals surface area contributed by atoms with Crippen LogP contribution in [0.15, 0.2) is 53.4 Å². The Morgan fingerprint density at radius 3 is 2.21 bits per heavy atom. The van der Waals surface area contributed by atoms with E-state index in [9.17, 15) is 13.2 Å². The van der Waals surface area contributed by atoms with Crippen molar-refractivity contribution in [3.63, 3.8) is 0 Å². The Balaban J connectivity index is 2.20. The van der Waals surface area contributed by atoms with Crippen LogP contribution in [0.2, 0.25) is 0 Å². The van der Waals surface area contributed by atoms with Gasteiger partial charge in [0.05, 0.1) is 11.5 Å². The van der Waals surface area contributed by atoms with Gasteiger partial charge in [0.15, 0.2) is 0 Å². The summed E-state index contributed by atoms with van der Waals surface area (Å²) in [5.41, 5.74) is 0.906. The molecule has 0 aliphatic rings. The third-order valence-electron chi connectivity index (χ3n) is 4.10. The van der Waals surface area contributed by atoms with Gasteiger partial charge in [-0.15, -0.1) is 0 Å². The molecule has 0 radical (unpaired) electrons. The first-order chi connectivity index (χ1) is 13.4. The summed E-state index contributed by atoms with van der Waals surface area (Å²) in [4.78, 5) is 12.7. The Kier molecular flexibility index (Phi) is 8.02. The van der Waals surface area contributed by atoms with Gasteiger partial charge < -0.3 is 10.1 Å². The molecule has 0 heterocycles. The Hall–Kier alpha value is -2.38. The van der Waals surface area contributed by atoms with Gasteiger partial charge in [-0.2, -0.15) is 4.31 Å². The highest BCUT2D eigenvalue weighted by Gasteiger charge is 2.24. The quantitative estimate of drug-likeness (QED) is 0.645. The lowest BCUT2D eigenvalue weighted by Gasteiger charge is -2.21. The minimum absolute atomic E-state index is 0.133. The second-order valence-corrected chi connectivity index (χ2v) is 8.28. The van der Waals surface area contributed by atoms with Crippen molar-refractivity contribution in [2.45, 2.75) is 38.5 Å². The minimum atomic E-state index is -3.63. The lowest BCUT2D eigenvalue weighted by molar-refractivity contribution is 0.102. The van der Waals surface area contributed by atoms with E-state index >= 15 is 0 Å². The number of nitrogens with one attached hydrogen (secondary N) is 1. The Labute approximate surface area is 167 Å². The molecule has 7 heteroatoms. The van der Waals surface area contributed by atoms with Crippen molar-refractivity contribution in [1.29, 1.82) is 0 Å². The molecule has 0 saturated carbocycles. The molecule has 0 unspecified atom stereocenters. The summed E-state index contributed by atoms with van der Waals surface area (Å²) >= 11 is 0. The molecular weight excluding hydrogens is 376 g/mol. The Bertz CT molecular complexity index is 874. The van der Waals surface area contributed by atoms with Crippen molar-refractivity contribution < 1.29 is 17.9 Å². The second kappa shape index (κ2) is 10.2. The number of ether oxygens (including phenoxy) is 1. The van der Waals surface area contributed by atoms with E-state index in [4.69, 9.17) is 4.74 Å². The van der Waals surface area contributed by atoms with E-state index in [-0.39, 0.29) is 10.8 Å². The van der Waals surface area contributed by atoms with Crippen LogP contribution in [0, 0.1) is 0 Å². The van der Waals surface area contributed by atoms with Crippen molar-refractivity contribution in [3.8, 4) is 5.75 Å². The molecule has 0 atom stereocenters. The highest BCUT2D eigenvalue weighted by molar-refractivity contribution is 7.89. The van der Waals surface area contributed by atoms with Gasteiger partial charge in [-0.05, 0) is 62.2 Å². The average molecular weight is 405 g/mol. The van der Waals surface area contributed by atoms with Crippen LogP contribution in [0.1, 0.15) is 44.0 Å². The Morgan fingerprint density at radius 2 is 1.64 bits per heavy atom. The molecule has 2 aromatic carbocycles. The van der Waals surface area contributed by atoms with Crippen LogP contribution in [0.4, 0.5) is 5.69 Å². The maximum absolute atomic E-state index is 12.9. The first kappa shape index (κ1) is 21.9. The average Bonchev–Trinajstić information content (AvgIpc) is 2.69. The molecule has 0 fully saturated rings. The number of rotatable bonds is 10. The number of carbonyl (C=O) groups is 1. The van der Waals surface area contributed by atoms with Gasteiger partial charge in [-0.1, -0.05) is 19.9 Å². The SMILES string of the molecule is CCCN(CCC)S(=O)(=O)c1cccc(C(=O)Nc2ccc(OCC)cc2)c1. The molecule has 0 saturated heterocycles. The summed E-state index contributed by atoms with van der Waals surface area (Å²) in [5, 5.41) is 2.78. The molecule has 2 aromatic rings. The van der Waals surface area contributed by atoms with Gasteiger partial charge in [0.1, 0.15) is 5.75 Å². The predicted molar refractivity (Wildman–Crippen MR) is 111 cm³/mol. The largest absolute Gasteiger partial charge is 0.494 e. The van der Waals surface area contributed by atoms with E-state index in [1.54, 1.807) is 36.4 Å². The summed E-state index contributed by atoms with van der Waals surface area (Å²) < 4.78 is 32.7. The van der Waals surface area contributed by atoms with Gasteiger partial charge in [-0.25, -0.2) is 8.42 Å². The van der Waals surface area contributed by atoms with Gasteiger partial charge in [-0.3, -0.25) is 4.79 Å². The molecule has 0 aromatic heterocycles. The fraction of sp³-hybridized carbons (Fsp3) is 0.381. The van der Waals surface area contributed by atoms with Gasteiger partial charge >= 0.3 is 0 Å². The first-order valence-corrected chi connectivity index (χ1v) is 11.0. The molecule has 1 amide bonds. The number of amides is 1. The van der Waals surface area contributed by atoms with Crippen LogP contribution >= 0.6 is 0 Å². The predicted octanol–water partition coefficient (Wildman–Crippen LogP) is 4.15. The number of hydrogen-bond acceptors (Lipinski definition) is 4. The molecular formula is C21H28N2O4S. The number of hydrogen-bond donors (Lipinski definition) is 1. The fourth-order valence-corrected chi connectivity index (χ4v) is 4.47. The summed E-state index contributed by atoms with van der Waals surface area (Å²) in [6.07, 6.45) is 1.47. The van der Waals surface area contributed by atoms with E-state index in [1.807, 2.05) is 20.8 Å². The van der Waals surface area contributed by atoms with Crippen molar-refractivity contribution in [2.75, 3.05) is 25.0 Å². The lowest BCUT2D eigenvalue weighted by Crippen LogP contribution is -2.32. The molecule has 0 spiro atoms. The maximum atomic E-state index is 12.9. The maximum Gasteiger partial charge on any atom is 0.255 e. The lowest BCUT2D eigenvalue weighted by atomic mass is 10.2. The third kappa shape index (κ3) is 5.56.